The van der Waals surface area contributed by atoms with E-state index in [1.165, 1.54) is 0 Å². The van der Waals surface area contributed by atoms with Crippen LogP contribution in [0.2, 0.25) is 0 Å². The van der Waals surface area contributed by atoms with Crippen LogP contribution in [0.1, 0.15) is 48.5 Å². The van der Waals surface area contributed by atoms with E-state index >= 15 is 0 Å². The predicted octanol–water partition coefficient (Wildman–Crippen LogP) is 3.40. The lowest BCUT2D eigenvalue weighted by Gasteiger charge is -2.47. The molecule has 1 nitrogen and oxygen atoms in total. The maximum Gasteiger partial charge on any atom is 0.0226 e. The molecule has 0 N–H and O–H groups in total. The first-order chi connectivity index (χ1) is 5.91. The smallest absolute Gasteiger partial charge is 0.0226 e. The molecule has 0 heterocycles. The Labute approximate surface area is 84.5 Å². The van der Waals surface area contributed by atoms with E-state index in [4.69, 9.17) is 0 Å². The van der Waals surface area contributed by atoms with Gasteiger partial charge in [0, 0.05) is 5.54 Å². The Morgan fingerprint density at radius 3 is 1.31 bits per heavy atom. The van der Waals surface area contributed by atoms with Crippen LogP contribution >= 0.6 is 0 Å². The largest absolute Gasteiger partial charge is 0.298 e. The molecule has 0 aliphatic heterocycles. The van der Waals surface area contributed by atoms with Gasteiger partial charge in [-0.3, -0.25) is 4.90 Å². The lowest BCUT2D eigenvalue weighted by Crippen LogP contribution is -2.53. The van der Waals surface area contributed by atoms with E-state index in [2.05, 4.69) is 53.4 Å². The summed E-state index contributed by atoms with van der Waals surface area (Å²) in [5, 5.41) is 0. The van der Waals surface area contributed by atoms with Crippen molar-refractivity contribution in [1.29, 1.82) is 0 Å². The zero-order valence-electron chi connectivity index (χ0n) is 10.5. The van der Waals surface area contributed by atoms with Gasteiger partial charge in [-0.1, -0.05) is 41.5 Å². The molecule has 0 rings (SSSR count). The minimum atomic E-state index is 0.351. The lowest BCUT2D eigenvalue weighted by atomic mass is 9.77. The summed E-state index contributed by atoms with van der Waals surface area (Å²) in [6, 6.07) is 0. The van der Waals surface area contributed by atoms with Crippen molar-refractivity contribution in [3.8, 4) is 0 Å². The van der Waals surface area contributed by atoms with E-state index in [0.29, 0.717) is 17.4 Å². The molecule has 0 unspecified atom stereocenters. The second kappa shape index (κ2) is 4.99. The first-order valence-corrected chi connectivity index (χ1v) is 5.66. The Morgan fingerprint density at radius 1 is 0.923 bits per heavy atom. The van der Waals surface area contributed by atoms with Crippen LogP contribution in [0.5, 0.6) is 0 Å². The number of hydrogen-bond acceptors (Lipinski definition) is 1. The fraction of sp³-hybridized carbons (Fsp3) is 1.00. The summed E-state index contributed by atoms with van der Waals surface area (Å²) in [4.78, 5) is 2.59. The van der Waals surface area contributed by atoms with Crippen molar-refractivity contribution in [3.63, 3.8) is 0 Å². The lowest BCUT2D eigenvalue weighted by molar-refractivity contribution is 0.0275. The topological polar surface area (TPSA) is 3.24 Å². The molecule has 80 valence electrons. The molecule has 13 heavy (non-hydrogen) atoms. The quantitative estimate of drug-likeness (QED) is 0.634. The van der Waals surface area contributed by atoms with E-state index in [-0.39, 0.29) is 0 Å². The van der Waals surface area contributed by atoms with Gasteiger partial charge in [0.2, 0.25) is 0 Å². The highest BCUT2D eigenvalue weighted by molar-refractivity contribution is 4.91. The van der Waals surface area contributed by atoms with Crippen LogP contribution in [0.3, 0.4) is 0 Å². The molecule has 0 aliphatic carbocycles. The van der Waals surface area contributed by atoms with Gasteiger partial charge < -0.3 is 0 Å². The summed E-state index contributed by atoms with van der Waals surface area (Å²) in [6.45, 7) is 18.5. The van der Waals surface area contributed by atoms with Crippen molar-refractivity contribution in [2.24, 2.45) is 11.8 Å². The Morgan fingerprint density at radius 2 is 1.23 bits per heavy atom. The van der Waals surface area contributed by atoms with E-state index < -0.39 is 0 Å². The molecule has 0 atom stereocenters. The highest BCUT2D eigenvalue weighted by Gasteiger charge is 2.36. The van der Waals surface area contributed by atoms with Crippen molar-refractivity contribution in [1.82, 2.24) is 4.90 Å². The summed E-state index contributed by atoms with van der Waals surface area (Å²) >= 11 is 0. The van der Waals surface area contributed by atoms with Gasteiger partial charge in [0.25, 0.3) is 0 Å². The van der Waals surface area contributed by atoms with Gasteiger partial charge >= 0.3 is 0 Å². The average Bonchev–Trinajstić information content (AvgIpc) is 2.05. The van der Waals surface area contributed by atoms with Crippen LogP contribution in [-0.4, -0.2) is 23.5 Å². The van der Waals surface area contributed by atoms with Crippen LogP contribution in [0.15, 0.2) is 0 Å². The first kappa shape index (κ1) is 13.0. The van der Waals surface area contributed by atoms with Gasteiger partial charge in [0.15, 0.2) is 0 Å². The summed E-state index contributed by atoms with van der Waals surface area (Å²) < 4.78 is 0. The monoisotopic (exact) mass is 185 g/mol. The molecule has 0 saturated carbocycles. The minimum absolute atomic E-state index is 0.351. The zero-order valence-corrected chi connectivity index (χ0v) is 10.5. The fourth-order valence-electron chi connectivity index (χ4n) is 2.30. The minimum Gasteiger partial charge on any atom is -0.298 e. The maximum atomic E-state index is 2.59. The number of rotatable bonds is 5. The van der Waals surface area contributed by atoms with Crippen molar-refractivity contribution < 1.29 is 0 Å². The molecule has 0 fully saturated rings. The van der Waals surface area contributed by atoms with Crippen molar-refractivity contribution in [2.75, 3.05) is 13.1 Å². The van der Waals surface area contributed by atoms with Crippen molar-refractivity contribution in [2.45, 2.75) is 54.0 Å². The zero-order chi connectivity index (χ0) is 10.6. The van der Waals surface area contributed by atoms with Crippen LogP contribution in [0, 0.1) is 11.8 Å². The third-order valence-corrected chi connectivity index (χ3v) is 3.78. The van der Waals surface area contributed by atoms with Crippen molar-refractivity contribution in [3.05, 3.63) is 0 Å². The molecule has 0 aromatic heterocycles. The van der Waals surface area contributed by atoms with E-state index in [9.17, 15) is 0 Å². The Kier molecular flexibility index (Phi) is 4.98. The second-order valence-corrected chi connectivity index (χ2v) is 4.71. The Bertz CT molecular complexity index is 126. The fourth-order valence-corrected chi connectivity index (χ4v) is 2.30. The average molecular weight is 185 g/mol. The van der Waals surface area contributed by atoms with Gasteiger partial charge in [-0.05, 0) is 31.8 Å². The highest BCUT2D eigenvalue weighted by atomic mass is 15.2. The van der Waals surface area contributed by atoms with Crippen LogP contribution in [0.25, 0.3) is 0 Å². The standard InChI is InChI=1S/C12H27N/c1-8-13(9-2)12(7,10(3)4)11(5)6/h10-11H,8-9H2,1-7H3. The van der Waals surface area contributed by atoms with Crippen LogP contribution in [-0.2, 0) is 0 Å². The molecule has 0 aromatic rings. The summed E-state index contributed by atoms with van der Waals surface area (Å²) in [5.41, 5.74) is 0.351. The van der Waals surface area contributed by atoms with Gasteiger partial charge in [0.05, 0.1) is 0 Å². The van der Waals surface area contributed by atoms with Crippen LogP contribution in [0.4, 0.5) is 0 Å². The maximum absolute atomic E-state index is 2.59. The van der Waals surface area contributed by atoms with E-state index in [1.807, 2.05) is 0 Å². The molecular weight excluding hydrogens is 158 g/mol. The summed E-state index contributed by atoms with van der Waals surface area (Å²) in [7, 11) is 0. The molecule has 0 saturated heterocycles. The normalized spacial score (nSPS) is 13.4. The third-order valence-electron chi connectivity index (χ3n) is 3.78. The second-order valence-electron chi connectivity index (χ2n) is 4.71. The molecule has 0 amide bonds. The first-order valence-electron chi connectivity index (χ1n) is 5.66. The Hall–Kier alpha value is -0.0400. The molecule has 0 radical (unpaired) electrons. The van der Waals surface area contributed by atoms with Crippen molar-refractivity contribution >= 4 is 0 Å². The summed E-state index contributed by atoms with van der Waals surface area (Å²) in [5.74, 6) is 1.43. The van der Waals surface area contributed by atoms with Gasteiger partial charge in [0.1, 0.15) is 0 Å². The third kappa shape index (κ3) is 2.46. The number of hydrogen-bond donors (Lipinski definition) is 0. The SMILES string of the molecule is CCN(CC)C(C)(C(C)C)C(C)C. The Balaban J connectivity index is 4.75. The molecule has 1 heteroatoms. The predicted molar refractivity (Wildman–Crippen MR) is 61.0 cm³/mol. The summed E-state index contributed by atoms with van der Waals surface area (Å²) in [6.07, 6.45) is 0. The van der Waals surface area contributed by atoms with Gasteiger partial charge in [-0.15, -0.1) is 0 Å². The van der Waals surface area contributed by atoms with Crippen LogP contribution < -0.4 is 0 Å². The molecule has 0 spiro atoms. The molecule has 0 aliphatic rings. The highest BCUT2D eigenvalue weighted by Crippen LogP contribution is 2.31. The van der Waals surface area contributed by atoms with Gasteiger partial charge in [-0.25, -0.2) is 0 Å². The molecule has 0 bridgehead atoms. The van der Waals surface area contributed by atoms with E-state index in [1.54, 1.807) is 0 Å². The van der Waals surface area contributed by atoms with Gasteiger partial charge in [-0.2, -0.15) is 0 Å². The number of nitrogens with zero attached hydrogens (tertiary/aromatic N) is 1. The molecule has 0 aromatic carbocycles. The van der Waals surface area contributed by atoms with E-state index in [0.717, 1.165) is 13.1 Å². The molecular formula is C12H27N.